The highest BCUT2D eigenvalue weighted by atomic mass is 32.2. The average molecular weight is 411 g/mol. The number of thioether (sulfide) groups is 1. The van der Waals surface area contributed by atoms with Crippen molar-refractivity contribution in [3.8, 4) is 11.5 Å². The van der Waals surface area contributed by atoms with Crippen LogP contribution in [-0.2, 0) is 4.79 Å². The summed E-state index contributed by atoms with van der Waals surface area (Å²) in [7, 11) is 0. The van der Waals surface area contributed by atoms with E-state index < -0.39 is 0 Å². The van der Waals surface area contributed by atoms with Gasteiger partial charge in [-0.05, 0) is 37.6 Å². The summed E-state index contributed by atoms with van der Waals surface area (Å²) < 4.78 is 12.3. The minimum Gasteiger partial charge on any atom is -0.454 e. The van der Waals surface area contributed by atoms with Gasteiger partial charge in [0, 0.05) is 17.8 Å². The molecule has 0 unspecified atom stereocenters. The van der Waals surface area contributed by atoms with Crippen LogP contribution >= 0.6 is 11.8 Å². The first-order chi connectivity index (χ1) is 14.1. The van der Waals surface area contributed by atoms with Crippen LogP contribution in [0.15, 0.2) is 52.4 Å². The van der Waals surface area contributed by atoms with Gasteiger partial charge in [0.25, 0.3) is 5.56 Å². The quantitative estimate of drug-likeness (QED) is 0.490. The van der Waals surface area contributed by atoms with Gasteiger partial charge in [0.05, 0.1) is 16.7 Å². The van der Waals surface area contributed by atoms with Crippen molar-refractivity contribution in [2.45, 2.75) is 31.5 Å². The third-order valence-electron chi connectivity index (χ3n) is 4.80. The van der Waals surface area contributed by atoms with Crippen molar-refractivity contribution in [1.29, 1.82) is 0 Å². The van der Waals surface area contributed by atoms with E-state index in [9.17, 15) is 9.59 Å². The van der Waals surface area contributed by atoms with Gasteiger partial charge >= 0.3 is 0 Å². The summed E-state index contributed by atoms with van der Waals surface area (Å²) in [4.78, 5) is 30.1. The van der Waals surface area contributed by atoms with Crippen molar-refractivity contribution in [2.24, 2.45) is 0 Å². The molecule has 8 heteroatoms. The van der Waals surface area contributed by atoms with Crippen LogP contribution in [0.3, 0.4) is 0 Å². The number of carbonyl (C=O) groups is 1. The fourth-order valence-electron chi connectivity index (χ4n) is 3.10. The van der Waals surface area contributed by atoms with Crippen LogP contribution in [0, 0.1) is 0 Å². The first kappa shape index (κ1) is 19.3. The van der Waals surface area contributed by atoms with Crippen molar-refractivity contribution in [3.63, 3.8) is 0 Å². The molecule has 1 aliphatic rings. The zero-order valence-corrected chi connectivity index (χ0v) is 17.0. The minimum absolute atomic E-state index is 0.0148. The molecule has 0 saturated carbocycles. The molecule has 4 rings (SSSR count). The van der Waals surface area contributed by atoms with Crippen molar-refractivity contribution < 1.29 is 14.3 Å². The van der Waals surface area contributed by atoms with Crippen LogP contribution in [0.25, 0.3) is 10.9 Å². The number of benzene rings is 2. The fourth-order valence-corrected chi connectivity index (χ4v) is 4.00. The van der Waals surface area contributed by atoms with E-state index in [1.165, 1.54) is 11.8 Å². The zero-order valence-electron chi connectivity index (χ0n) is 16.2. The lowest BCUT2D eigenvalue weighted by Crippen LogP contribution is -2.26. The van der Waals surface area contributed by atoms with E-state index >= 15 is 0 Å². The molecule has 7 nitrogen and oxygen atoms in total. The Hall–Kier alpha value is -3.00. The van der Waals surface area contributed by atoms with Gasteiger partial charge in [-0.25, -0.2) is 4.98 Å². The van der Waals surface area contributed by atoms with E-state index in [1.54, 1.807) is 28.8 Å². The number of para-hydroxylation sites is 1. The minimum atomic E-state index is -0.188. The maximum absolute atomic E-state index is 13.0. The second-order valence-electron chi connectivity index (χ2n) is 6.75. The molecule has 3 aromatic rings. The highest BCUT2D eigenvalue weighted by molar-refractivity contribution is 7.99. The molecule has 29 heavy (non-hydrogen) atoms. The number of hydrogen-bond acceptors (Lipinski definition) is 6. The molecule has 0 saturated heterocycles. The Bertz CT molecular complexity index is 1130. The van der Waals surface area contributed by atoms with Crippen LogP contribution in [-0.4, -0.2) is 28.0 Å². The standard InChI is InChI=1S/C21H21N3O4S/c1-3-13(2)24-20(26)15-6-4-5-7-16(15)23-21(24)29-11-19(25)22-14-8-9-17-18(10-14)28-12-27-17/h4-10,13H,3,11-12H2,1-2H3,(H,22,25)/t13-/m0/s1. The van der Waals surface area contributed by atoms with E-state index in [-0.39, 0.29) is 30.1 Å². The molecule has 2 aromatic carbocycles. The first-order valence-electron chi connectivity index (χ1n) is 9.40. The molecule has 0 aliphatic carbocycles. The molecule has 1 N–H and O–H groups in total. The van der Waals surface area contributed by atoms with Crippen LogP contribution in [0.5, 0.6) is 11.5 Å². The number of carbonyl (C=O) groups excluding carboxylic acids is 1. The number of aromatic nitrogens is 2. The summed E-state index contributed by atoms with van der Waals surface area (Å²) >= 11 is 1.26. The third kappa shape index (κ3) is 3.93. The lowest BCUT2D eigenvalue weighted by molar-refractivity contribution is -0.113. The second-order valence-corrected chi connectivity index (χ2v) is 7.69. The predicted octanol–water partition coefficient (Wildman–Crippen LogP) is 3.83. The largest absolute Gasteiger partial charge is 0.454 e. The smallest absolute Gasteiger partial charge is 0.262 e. The van der Waals surface area contributed by atoms with Gasteiger partial charge in [-0.15, -0.1) is 0 Å². The molecular formula is C21H21N3O4S. The number of amides is 1. The maximum Gasteiger partial charge on any atom is 0.262 e. The molecule has 0 radical (unpaired) electrons. The SMILES string of the molecule is CC[C@H](C)n1c(SCC(=O)Nc2ccc3c(c2)OCO3)nc2ccccc2c1=O. The van der Waals surface area contributed by atoms with Gasteiger partial charge in [-0.2, -0.15) is 0 Å². The summed E-state index contributed by atoms with van der Waals surface area (Å²) in [6.45, 7) is 4.19. The van der Waals surface area contributed by atoms with Crippen molar-refractivity contribution in [1.82, 2.24) is 9.55 Å². The van der Waals surface area contributed by atoms with Crippen LogP contribution in [0.2, 0.25) is 0 Å². The van der Waals surface area contributed by atoms with E-state index in [2.05, 4.69) is 10.3 Å². The van der Waals surface area contributed by atoms with Gasteiger partial charge < -0.3 is 14.8 Å². The number of rotatable bonds is 6. The molecule has 1 aliphatic heterocycles. The monoisotopic (exact) mass is 411 g/mol. The molecule has 150 valence electrons. The van der Waals surface area contributed by atoms with Crippen LogP contribution in [0.1, 0.15) is 26.3 Å². The molecule has 1 aromatic heterocycles. The van der Waals surface area contributed by atoms with Crippen molar-refractivity contribution in [3.05, 3.63) is 52.8 Å². The average Bonchev–Trinajstić information content (AvgIpc) is 3.20. The van der Waals surface area contributed by atoms with E-state index in [1.807, 2.05) is 32.0 Å². The molecular weight excluding hydrogens is 390 g/mol. The summed E-state index contributed by atoms with van der Waals surface area (Å²) in [5, 5.41) is 3.98. The highest BCUT2D eigenvalue weighted by Crippen LogP contribution is 2.34. The number of hydrogen-bond donors (Lipinski definition) is 1. The van der Waals surface area contributed by atoms with E-state index in [4.69, 9.17) is 9.47 Å². The molecule has 1 amide bonds. The lowest BCUT2D eigenvalue weighted by atomic mass is 10.2. The normalized spacial score (nSPS) is 13.4. The third-order valence-corrected chi connectivity index (χ3v) is 5.75. The molecule has 0 spiro atoms. The Kier molecular flexibility index (Phi) is 5.44. The number of anilines is 1. The highest BCUT2D eigenvalue weighted by Gasteiger charge is 2.18. The lowest BCUT2D eigenvalue weighted by Gasteiger charge is -2.18. The number of fused-ring (bicyclic) bond motifs is 2. The van der Waals surface area contributed by atoms with Gasteiger partial charge in [0.1, 0.15) is 0 Å². The number of ether oxygens (including phenoxy) is 2. The topological polar surface area (TPSA) is 82.5 Å². The second kappa shape index (κ2) is 8.16. The molecule has 1 atom stereocenters. The van der Waals surface area contributed by atoms with Crippen LogP contribution in [0.4, 0.5) is 5.69 Å². The summed E-state index contributed by atoms with van der Waals surface area (Å²) in [6.07, 6.45) is 0.789. The summed E-state index contributed by atoms with van der Waals surface area (Å²) in [5.41, 5.74) is 1.19. The zero-order chi connectivity index (χ0) is 20.4. The van der Waals surface area contributed by atoms with Crippen molar-refractivity contribution >= 4 is 34.3 Å². The van der Waals surface area contributed by atoms with Gasteiger partial charge in [-0.1, -0.05) is 30.8 Å². The molecule has 2 heterocycles. The fraction of sp³-hybridized carbons (Fsp3) is 0.286. The number of nitrogens with one attached hydrogen (secondary N) is 1. The molecule has 0 bridgehead atoms. The van der Waals surface area contributed by atoms with Crippen molar-refractivity contribution in [2.75, 3.05) is 17.9 Å². The van der Waals surface area contributed by atoms with Gasteiger partial charge in [-0.3, -0.25) is 14.2 Å². The molecule has 0 fully saturated rings. The summed E-state index contributed by atoms with van der Waals surface area (Å²) in [6, 6.07) is 12.5. The Morgan fingerprint density at radius 2 is 2.03 bits per heavy atom. The Labute approximate surface area is 172 Å². The van der Waals surface area contributed by atoms with Crippen LogP contribution < -0.4 is 20.3 Å². The Morgan fingerprint density at radius 1 is 1.24 bits per heavy atom. The van der Waals surface area contributed by atoms with E-state index in [0.29, 0.717) is 33.2 Å². The summed E-state index contributed by atoms with van der Waals surface area (Å²) in [5.74, 6) is 1.22. The predicted molar refractivity (Wildman–Crippen MR) is 113 cm³/mol. The first-order valence-corrected chi connectivity index (χ1v) is 10.4. The van der Waals surface area contributed by atoms with Gasteiger partial charge in [0.2, 0.25) is 12.7 Å². The van der Waals surface area contributed by atoms with Gasteiger partial charge in [0.15, 0.2) is 16.7 Å². The Balaban J connectivity index is 1.54. The maximum atomic E-state index is 13.0. The Morgan fingerprint density at radius 3 is 2.86 bits per heavy atom. The number of nitrogens with zero attached hydrogens (tertiary/aromatic N) is 2. The van der Waals surface area contributed by atoms with E-state index in [0.717, 1.165) is 6.42 Å².